The van der Waals surface area contributed by atoms with Gasteiger partial charge in [-0.1, -0.05) is 49.4 Å². The SMILES string of the molecule is C[C@H](CCCc1ccccc1)[C@H](O)/C=C/[C@H]1CC(F)(F)C(=O)N1CCCc1ccc(OC(=O)O)s1. The highest BCUT2D eigenvalue weighted by atomic mass is 32.1. The molecule has 6 nitrogen and oxygen atoms in total. The van der Waals surface area contributed by atoms with Gasteiger partial charge in [0.1, 0.15) is 0 Å². The number of carbonyl (C=O) groups excluding carboxylic acids is 1. The number of nitrogens with zero attached hydrogens (tertiary/aromatic N) is 1. The molecule has 0 bridgehead atoms. The molecular weight excluding hydrogens is 476 g/mol. The number of rotatable bonds is 12. The lowest BCUT2D eigenvalue weighted by molar-refractivity contribution is -0.148. The maximum atomic E-state index is 14.2. The van der Waals surface area contributed by atoms with Gasteiger partial charge in [0, 0.05) is 17.8 Å². The van der Waals surface area contributed by atoms with Gasteiger partial charge >= 0.3 is 12.1 Å². The summed E-state index contributed by atoms with van der Waals surface area (Å²) in [6, 6.07) is 12.6. The first kappa shape index (κ1) is 26.8. The molecule has 3 rings (SSSR count). The number of hydrogen-bond donors (Lipinski definition) is 2. The normalized spacial score (nSPS) is 19.3. The molecule has 2 heterocycles. The second-order valence-corrected chi connectivity index (χ2v) is 10.0. The lowest BCUT2D eigenvalue weighted by Gasteiger charge is -2.22. The molecule has 9 heteroatoms. The van der Waals surface area contributed by atoms with Crippen molar-refractivity contribution in [2.45, 2.75) is 63.5 Å². The van der Waals surface area contributed by atoms with E-state index in [1.807, 2.05) is 25.1 Å². The summed E-state index contributed by atoms with van der Waals surface area (Å²) in [5.74, 6) is -4.66. The second-order valence-electron chi connectivity index (χ2n) is 8.90. The summed E-state index contributed by atoms with van der Waals surface area (Å²) in [5, 5.41) is 19.4. The van der Waals surface area contributed by atoms with Gasteiger partial charge in [-0.25, -0.2) is 4.79 Å². The van der Waals surface area contributed by atoms with Gasteiger partial charge in [-0.15, -0.1) is 11.3 Å². The Balaban J connectivity index is 1.50. The zero-order chi connectivity index (χ0) is 25.4. The zero-order valence-electron chi connectivity index (χ0n) is 19.6. The fourth-order valence-electron chi connectivity index (χ4n) is 4.19. The van der Waals surface area contributed by atoms with Crippen molar-refractivity contribution >= 4 is 23.4 Å². The quantitative estimate of drug-likeness (QED) is 0.291. The van der Waals surface area contributed by atoms with Crippen LogP contribution in [0.4, 0.5) is 13.6 Å². The molecule has 1 aromatic carbocycles. The van der Waals surface area contributed by atoms with Crippen LogP contribution in [0.5, 0.6) is 5.06 Å². The van der Waals surface area contributed by atoms with Crippen LogP contribution in [-0.4, -0.2) is 51.8 Å². The standard InChI is InChI=1S/C26H31F2NO5S/c1-18(7-5-10-19-8-3-2-4-9-19)22(30)14-12-20-17-26(27,28)24(31)29(20)16-6-11-21-13-15-23(35-21)34-25(32)33/h2-4,8-9,12-15,18,20,22,30H,5-7,10-11,16-17H2,1H3,(H,32,33)/b14-12+/t18-,20+,22-/m1/s1. The molecule has 0 saturated carbocycles. The third kappa shape index (κ3) is 7.86. The number of likely N-dealkylation sites (tertiary alicyclic amines) is 1. The minimum absolute atomic E-state index is 0.0397. The van der Waals surface area contributed by atoms with E-state index in [1.165, 1.54) is 40.0 Å². The Morgan fingerprint density at radius 2 is 1.97 bits per heavy atom. The van der Waals surface area contributed by atoms with Gasteiger partial charge in [0.2, 0.25) is 0 Å². The number of aryl methyl sites for hydroxylation is 2. The summed E-state index contributed by atoms with van der Waals surface area (Å²) < 4.78 is 32.9. The van der Waals surface area contributed by atoms with E-state index in [0.717, 1.165) is 24.1 Å². The van der Waals surface area contributed by atoms with Crippen LogP contribution in [-0.2, 0) is 17.6 Å². The molecule has 0 unspecified atom stereocenters. The first-order valence-electron chi connectivity index (χ1n) is 11.7. The van der Waals surface area contributed by atoms with Crippen molar-refractivity contribution < 1.29 is 33.3 Å². The molecule has 1 saturated heterocycles. The van der Waals surface area contributed by atoms with E-state index in [-0.39, 0.29) is 17.5 Å². The van der Waals surface area contributed by atoms with Gasteiger partial charge in [0.25, 0.3) is 5.91 Å². The fourth-order valence-corrected chi connectivity index (χ4v) is 5.08. The first-order chi connectivity index (χ1) is 16.7. The van der Waals surface area contributed by atoms with Crippen LogP contribution in [0.25, 0.3) is 0 Å². The van der Waals surface area contributed by atoms with Crippen molar-refractivity contribution in [3.63, 3.8) is 0 Å². The van der Waals surface area contributed by atoms with Crippen LogP contribution in [0, 0.1) is 5.92 Å². The Morgan fingerprint density at radius 1 is 1.23 bits per heavy atom. The molecule has 0 spiro atoms. The average molecular weight is 508 g/mol. The van der Waals surface area contributed by atoms with E-state index < -0.39 is 36.6 Å². The predicted octanol–water partition coefficient (Wildman–Crippen LogP) is 5.55. The molecule has 1 fully saturated rings. The topological polar surface area (TPSA) is 87.1 Å². The molecule has 2 aromatic rings. The molecule has 3 atom stereocenters. The molecule has 1 aromatic heterocycles. The Hall–Kier alpha value is -2.78. The van der Waals surface area contributed by atoms with E-state index in [0.29, 0.717) is 12.8 Å². The minimum Gasteiger partial charge on any atom is -0.449 e. The molecule has 190 valence electrons. The highest BCUT2D eigenvalue weighted by molar-refractivity contribution is 7.13. The van der Waals surface area contributed by atoms with Gasteiger partial charge in [0.05, 0.1) is 12.1 Å². The summed E-state index contributed by atoms with van der Waals surface area (Å²) in [6.45, 7) is 2.06. The molecule has 1 amide bonds. The lowest BCUT2D eigenvalue weighted by atomic mass is 9.95. The van der Waals surface area contributed by atoms with E-state index in [1.54, 1.807) is 6.07 Å². The molecule has 0 radical (unpaired) electrons. The van der Waals surface area contributed by atoms with Gasteiger partial charge in [-0.2, -0.15) is 8.78 Å². The van der Waals surface area contributed by atoms with E-state index in [9.17, 15) is 23.5 Å². The number of aliphatic hydroxyl groups is 1. The molecule has 1 aliphatic heterocycles. The lowest BCUT2D eigenvalue weighted by Crippen LogP contribution is -2.36. The van der Waals surface area contributed by atoms with Crippen LogP contribution in [0.3, 0.4) is 0 Å². The van der Waals surface area contributed by atoms with Gasteiger partial charge in [0.15, 0.2) is 5.06 Å². The average Bonchev–Trinajstić information content (AvgIpc) is 3.34. The number of carbonyl (C=O) groups is 2. The summed E-state index contributed by atoms with van der Waals surface area (Å²) in [6.07, 6.45) is 3.83. The van der Waals surface area contributed by atoms with E-state index in [4.69, 9.17) is 5.11 Å². The Bertz CT molecular complexity index is 1010. The van der Waals surface area contributed by atoms with Crippen molar-refractivity contribution in [2.75, 3.05) is 6.54 Å². The predicted molar refractivity (Wildman–Crippen MR) is 130 cm³/mol. The van der Waals surface area contributed by atoms with Crippen molar-refractivity contribution in [3.8, 4) is 5.06 Å². The van der Waals surface area contributed by atoms with Gasteiger partial charge in [-0.05, 0) is 55.7 Å². The fraction of sp³-hybridized carbons (Fsp3) is 0.462. The van der Waals surface area contributed by atoms with Crippen LogP contribution >= 0.6 is 11.3 Å². The number of alkyl halides is 2. The molecular formula is C26H31F2NO5S. The number of hydrogen-bond acceptors (Lipinski definition) is 5. The van der Waals surface area contributed by atoms with Crippen LogP contribution < -0.4 is 4.74 Å². The summed E-state index contributed by atoms with van der Waals surface area (Å²) in [7, 11) is 0. The minimum atomic E-state index is -3.42. The van der Waals surface area contributed by atoms with Crippen LogP contribution in [0.2, 0.25) is 0 Å². The smallest absolute Gasteiger partial charge is 0.449 e. The Labute approximate surface area is 207 Å². The third-order valence-corrected chi connectivity index (χ3v) is 7.19. The van der Waals surface area contributed by atoms with Crippen LogP contribution in [0.1, 0.15) is 43.0 Å². The first-order valence-corrected chi connectivity index (χ1v) is 12.6. The van der Waals surface area contributed by atoms with Gasteiger partial charge in [-0.3, -0.25) is 4.79 Å². The van der Waals surface area contributed by atoms with Gasteiger partial charge < -0.3 is 19.8 Å². The van der Waals surface area contributed by atoms with Crippen molar-refractivity contribution in [1.29, 1.82) is 0 Å². The van der Waals surface area contributed by atoms with E-state index >= 15 is 0 Å². The third-order valence-electron chi connectivity index (χ3n) is 6.17. The molecule has 1 aliphatic rings. The monoisotopic (exact) mass is 507 g/mol. The Kier molecular flexibility index (Phi) is 9.40. The van der Waals surface area contributed by atoms with E-state index in [2.05, 4.69) is 16.9 Å². The summed E-state index contributed by atoms with van der Waals surface area (Å²) in [4.78, 5) is 24.9. The zero-order valence-corrected chi connectivity index (χ0v) is 20.4. The number of benzene rings is 1. The number of ether oxygens (including phenoxy) is 1. The number of thiophene rings is 1. The maximum Gasteiger partial charge on any atom is 0.512 e. The largest absolute Gasteiger partial charge is 0.512 e. The molecule has 2 N–H and O–H groups in total. The molecule has 0 aliphatic carbocycles. The number of aliphatic hydroxyl groups excluding tert-OH is 1. The summed E-state index contributed by atoms with van der Waals surface area (Å²) >= 11 is 1.17. The summed E-state index contributed by atoms with van der Waals surface area (Å²) in [5.41, 5.74) is 1.24. The number of amides is 1. The highest BCUT2D eigenvalue weighted by Gasteiger charge is 2.52. The van der Waals surface area contributed by atoms with Crippen molar-refractivity contribution in [2.24, 2.45) is 5.92 Å². The Morgan fingerprint density at radius 3 is 2.69 bits per heavy atom. The van der Waals surface area contributed by atoms with Crippen LogP contribution in [0.15, 0.2) is 54.6 Å². The number of carboxylic acid groups (broad SMARTS) is 1. The highest BCUT2D eigenvalue weighted by Crippen LogP contribution is 2.35. The number of halogens is 2. The second kappa shape index (κ2) is 12.3. The maximum absolute atomic E-state index is 14.2. The van der Waals surface area contributed by atoms with Crippen molar-refractivity contribution in [3.05, 3.63) is 65.1 Å². The van der Waals surface area contributed by atoms with Crippen molar-refractivity contribution in [1.82, 2.24) is 4.90 Å². The molecule has 35 heavy (non-hydrogen) atoms.